The van der Waals surface area contributed by atoms with Gasteiger partial charge in [-0.1, -0.05) is 13.3 Å². The topological polar surface area (TPSA) is 64.8 Å². The molecule has 0 fully saturated rings. The molecule has 0 aliphatic heterocycles. The van der Waals surface area contributed by atoms with Crippen LogP contribution in [0.25, 0.3) is 0 Å². The molecule has 1 amide bonds. The van der Waals surface area contributed by atoms with E-state index in [-0.39, 0.29) is 5.91 Å². The Labute approximate surface area is 133 Å². The molecule has 1 aromatic rings. The van der Waals surface area contributed by atoms with E-state index in [0.29, 0.717) is 36.6 Å². The maximum Gasteiger partial charge on any atom is 0.222 e. The van der Waals surface area contributed by atoms with Crippen molar-refractivity contribution < 1.29 is 14.3 Å². The zero-order valence-electron chi connectivity index (χ0n) is 14.1. The number of benzene rings is 1. The highest BCUT2D eigenvalue weighted by atomic mass is 16.5. The third-order valence-corrected chi connectivity index (χ3v) is 3.54. The number of nitrogens with zero attached hydrogens (tertiary/aromatic N) is 1. The van der Waals surface area contributed by atoms with Crippen LogP contribution in [0.2, 0.25) is 0 Å². The summed E-state index contributed by atoms with van der Waals surface area (Å²) in [6.45, 7) is 5.38. The molecule has 0 saturated carbocycles. The van der Waals surface area contributed by atoms with Crippen LogP contribution in [0.1, 0.15) is 38.7 Å². The summed E-state index contributed by atoms with van der Waals surface area (Å²) < 4.78 is 11.0. The lowest BCUT2D eigenvalue weighted by molar-refractivity contribution is -0.129. The van der Waals surface area contributed by atoms with E-state index >= 15 is 0 Å². The zero-order chi connectivity index (χ0) is 16.5. The van der Waals surface area contributed by atoms with E-state index in [1.165, 1.54) is 0 Å². The van der Waals surface area contributed by atoms with Gasteiger partial charge in [0.1, 0.15) is 0 Å². The Kier molecular flexibility index (Phi) is 7.57. The minimum absolute atomic E-state index is 0.136. The first-order chi connectivity index (χ1) is 10.5. The predicted octanol–water partition coefficient (Wildman–Crippen LogP) is 2.87. The molecule has 5 nitrogen and oxygen atoms in total. The number of carbonyl (C=O) groups excluding carboxylic acids is 1. The standard InChI is InChI=1S/C17H28N2O3/c1-5-7-10-19(3)16(20)9-8-13-11-14(18)12-15(21-4)17(13)22-6-2/h11-12H,5-10,18H2,1-4H3. The van der Waals surface area contributed by atoms with Gasteiger partial charge in [0, 0.05) is 37.3 Å². The smallest absolute Gasteiger partial charge is 0.222 e. The van der Waals surface area contributed by atoms with E-state index in [1.54, 1.807) is 18.1 Å². The van der Waals surface area contributed by atoms with Crippen LogP contribution in [0.5, 0.6) is 11.5 Å². The number of nitrogens with two attached hydrogens (primary N) is 1. The molecule has 0 aromatic heterocycles. The van der Waals surface area contributed by atoms with Crippen molar-refractivity contribution in [2.45, 2.75) is 39.5 Å². The third kappa shape index (κ3) is 5.13. The number of ether oxygens (including phenoxy) is 2. The summed E-state index contributed by atoms with van der Waals surface area (Å²) >= 11 is 0. The number of amides is 1. The van der Waals surface area contributed by atoms with Crippen LogP contribution >= 0.6 is 0 Å². The molecule has 0 saturated heterocycles. The van der Waals surface area contributed by atoms with Crippen molar-refractivity contribution in [2.24, 2.45) is 0 Å². The number of aryl methyl sites for hydroxylation is 1. The van der Waals surface area contributed by atoms with E-state index in [1.807, 2.05) is 20.0 Å². The van der Waals surface area contributed by atoms with E-state index < -0.39 is 0 Å². The van der Waals surface area contributed by atoms with Gasteiger partial charge in [-0.3, -0.25) is 4.79 Å². The van der Waals surface area contributed by atoms with Crippen molar-refractivity contribution >= 4 is 11.6 Å². The molecule has 22 heavy (non-hydrogen) atoms. The average Bonchev–Trinajstić information content (AvgIpc) is 2.51. The number of methoxy groups -OCH3 is 1. The maximum absolute atomic E-state index is 12.2. The van der Waals surface area contributed by atoms with Gasteiger partial charge in [-0.15, -0.1) is 0 Å². The van der Waals surface area contributed by atoms with Gasteiger partial charge in [0.25, 0.3) is 0 Å². The Balaban J connectivity index is 2.79. The number of anilines is 1. The molecular formula is C17H28N2O3. The van der Waals surface area contributed by atoms with E-state index in [4.69, 9.17) is 15.2 Å². The number of carbonyl (C=O) groups is 1. The summed E-state index contributed by atoms with van der Waals surface area (Å²) in [6.07, 6.45) is 3.13. The first-order valence-electron chi connectivity index (χ1n) is 7.86. The number of hydrogen-bond donors (Lipinski definition) is 1. The van der Waals surface area contributed by atoms with Crippen molar-refractivity contribution in [3.05, 3.63) is 17.7 Å². The van der Waals surface area contributed by atoms with Gasteiger partial charge in [0.05, 0.1) is 13.7 Å². The lowest BCUT2D eigenvalue weighted by Crippen LogP contribution is -2.27. The molecule has 0 aliphatic rings. The minimum atomic E-state index is 0.136. The molecule has 2 N–H and O–H groups in total. The second-order valence-electron chi connectivity index (χ2n) is 5.31. The van der Waals surface area contributed by atoms with Crippen molar-refractivity contribution in [1.82, 2.24) is 4.90 Å². The average molecular weight is 308 g/mol. The van der Waals surface area contributed by atoms with Crippen LogP contribution in [0, 0.1) is 0 Å². The summed E-state index contributed by atoms with van der Waals surface area (Å²) in [5, 5.41) is 0. The van der Waals surface area contributed by atoms with Crippen LogP contribution < -0.4 is 15.2 Å². The molecule has 0 heterocycles. The van der Waals surface area contributed by atoms with Crippen molar-refractivity contribution in [3.8, 4) is 11.5 Å². The van der Waals surface area contributed by atoms with Gasteiger partial charge in [0.15, 0.2) is 11.5 Å². The molecule has 5 heteroatoms. The summed E-state index contributed by atoms with van der Waals surface area (Å²) in [4.78, 5) is 13.9. The first kappa shape index (κ1) is 18.1. The Morgan fingerprint density at radius 3 is 2.64 bits per heavy atom. The molecule has 0 unspecified atom stereocenters. The predicted molar refractivity (Wildman–Crippen MR) is 89.4 cm³/mol. The summed E-state index contributed by atoms with van der Waals surface area (Å²) in [6, 6.07) is 3.59. The summed E-state index contributed by atoms with van der Waals surface area (Å²) in [7, 11) is 3.44. The molecule has 0 aliphatic carbocycles. The Morgan fingerprint density at radius 1 is 1.32 bits per heavy atom. The number of rotatable bonds is 9. The Morgan fingerprint density at radius 2 is 2.05 bits per heavy atom. The van der Waals surface area contributed by atoms with Crippen LogP contribution in [0.3, 0.4) is 0 Å². The Bertz CT molecular complexity index is 489. The van der Waals surface area contributed by atoms with Gasteiger partial charge < -0.3 is 20.1 Å². The van der Waals surface area contributed by atoms with Crippen LogP contribution in [-0.4, -0.2) is 38.1 Å². The third-order valence-electron chi connectivity index (χ3n) is 3.54. The molecule has 1 rings (SSSR count). The van der Waals surface area contributed by atoms with E-state index in [2.05, 4.69) is 6.92 Å². The normalized spacial score (nSPS) is 10.4. The highest BCUT2D eigenvalue weighted by Gasteiger charge is 2.15. The number of hydrogen-bond acceptors (Lipinski definition) is 4. The quantitative estimate of drug-likeness (QED) is 0.712. The lowest BCUT2D eigenvalue weighted by atomic mass is 10.1. The highest BCUT2D eigenvalue weighted by molar-refractivity contribution is 5.76. The summed E-state index contributed by atoms with van der Waals surface area (Å²) in [5.74, 6) is 1.43. The van der Waals surface area contributed by atoms with Crippen LogP contribution in [0.4, 0.5) is 5.69 Å². The Hall–Kier alpha value is -1.91. The van der Waals surface area contributed by atoms with Crippen molar-refractivity contribution in [1.29, 1.82) is 0 Å². The number of nitrogen functional groups attached to an aromatic ring is 1. The van der Waals surface area contributed by atoms with Crippen molar-refractivity contribution in [3.63, 3.8) is 0 Å². The van der Waals surface area contributed by atoms with E-state index in [9.17, 15) is 4.79 Å². The highest BCUT2D eigenvalue weighted by Crippen LogP contribution is 2.34. The fraction of sp³-hybridized carbons (Fsp3) is 0.588. The maximum atomic E-state index is 12.2. The molecule has 0 radical (unpaired) electrons. The number of unbranched alkanes of at least 4 members (excludes halogenated alkanes) is 1. The summed E-state index contributed by atoms with van der Waals surface area (Å²) in [5.41, 5.74) is 7.43. The molecular weight excluding hydrogens is 280 g/mol. The minimum Gasteiger partial charge on any atom is -0.493 e. The fourth-order valence-electron chi connectivity index (χ4n) is 2.28. The molecule has 0 bridgehead atoms. The molecule has 0 atom stereocenters. The van der Waals surface area contributed by atoms with Gasteiger partial charge in [0.2, 0.25) is 5.91 Å². The lowest BCUT2D eigenvalue weighted by Gasteiger charge is -2.18. The van der Waals surface area contributed by atoms with Gasteiger partial charge in [-0.05, 0) is 25.8 Å². The fourth-order valence-corrected chi connectivity index (χ4v) is 2.28. The molecule has 0 spiro atoms. The second kappa shape index (κ2) is 9.18. The molecule has 124 valence electrons. The van der Waals surface area contributed by atoms with Crippen LogP contribution in [0.15, 0.2) is 12.1 Å². The van der Waals surface area contributed by atoms with Gasteiger partial charge >= 0.3 is 0 Å². The SMILES string of the molecule is CCCCN(C)C(=O)CCc1cc(N)cc(OC)c1OCC. The second-order valence-corrected chi connectivity index (χ2v) is 5.31. The molecule has 1 aromatic carbocycles. The monoisotopic (exact) mass is 308 g/mol. The van der Waals surface area contributed by atoms with Gasteiger partial charge in [-0.2, -0.15) is 0 Å². The van der Waals surface area contributed by atoms with Crippen molar-refractivity contribution in [2.75, 3.05) is 33.0 Å². The van der Waals surface area contributed by atoms with Gasteiger partial charge in [-0.25, -0.2) is 0 Å². The first-order valence-corrected chi connectivity index (χ1v) is 7.86. The largest absolute Gasteiger partial charge is 0.493 e. The van der Waals surface area contributed by atoms with E-state index in [0.717, 1.165) is 24.9 Å². The van der Waals surface area contributed by atoms with Crippen LogP contribution in [-0.2, 0) is 11.2 Å². The zero-order valence-corrected chi connectivity index (χ0v) is 14.1.